The zero-order valence-electron chi connectivity index (χ0n) is 10.9. The lowest BCUT2D eigenvalue weighted by Crippen LogP contribution is -2.23. The van der Waals surface area contributed by atoms with Gasteiger partial charge in [-0.2, -0.15) is 0 Å². The van der Waals surface area contributed by atoms with Crippen molar-refractivity contribution < 1.29 is 0 Å². The summed E-state index contributed by atoms with van der Waals surface area (Å²) >= 11 is 9.76. The maximum absolute atomic E-state index is 6.30. The lowest BCUT2D eigenvalue weighted by Gasteiger charge is -2.19. The zero-order valence-corrected chi connectivity index (χ0v) is 13.2. The highest BCUT2D eigenvalue weighted by atomic mass is 79.9. The van der Waals surface area contributed by atoms with Crippen LogP contribution in [0, 0.1) is 0 Å². The van der Waals surface area contributed by atoms with Crippen LogP contribution >= 0.6 is 27.5 Å². The van der Waals surface area contributed by atoms with Gasteiger partial charge in [0.05, 0.1) is 0 Å². The van der Waals surface area contributed by atoms with Crippen molar-refractivity contribution in [3.8, 4) is 0 Å². The van der Waals surface area contributed by atoms with Gasteiger partial charge < -0.3 is 5.32 Å². The zero-order chi connectivity index (χ0) is 13.7. The van der Waals surface area contributed by atoms with E-state index in [-0.39, 0.29) is 6.04 Å². The van der Waals surface area contributed by atoms with Crippen molar-refractivity contribution in [2.45, 2.75) is 19.4 Å². The van der Waals surface area contributed by atoms with Crippen LogP contribution in [-0.2, 0) is 6.42 Å². The normalized spacial score (nSPS) is 12.4. The minimum absolute atomic E-state index is 0.250. The van der Waals surface area contributed by atoms with Crippen LogP contribution in [0.3, 0.4) is 0 Å². The molecule has 0 aliphatic carbocycles. The predicted molar refractivity (Wildman–Crippen MR) is 85.7 cm³/mol. The van der Waals surface area contributed by atoms with E-state index < -0.39 is 0 Å². The van der Waals surface area contributed by atoms with E-state index in [1.165, 1.54) is 5.56 Å². The molecule has 0 radical (unpaired) electrons. The molecular formula is C16H17BrClN. The number of halogens is 2. The summed E-state index contributed by atoms with van der Waals surface area (Å²) in [6.45, 7) is 3.04. The first-order valence-electron chi connectivity index (χ1n) is 6.43. The monoisotopic (exact) mass is 337 g/mol. The van der Waals surface area contributed by atoms with Gasteiger partial charge in [-0.05, 0) is 42.3 Å². The highest BCUT2D eigenvalue weighted by Crippen LogP contribution is 2.26. The lowest BCUT2D eigenvalue weighted by molar-refractivity contribution is 0.550. The molecular weight excluding hydrogens is 322 g/mol. The Balaban J connectivity index is 2.21. The van der Waals surface area contributed by atoms with Gasteiger partial charge in [0.2, 0.25) is 0 Å². The van der Waals surface area contributed by atoms with Gasteiger partial charge in [-0.1, -0.05) is 64.8 Å². The second kappa shape index (κ2) is 7.09. The smallest absolute Gasteiger partial charge is 0.0453 e. The first-order valence-corrected chi connectivity index (χ1v) is 7.60. The molecule has 0 spiro atoms. The Labute approximate surface area is 128 Å². The third-order valence-corrected chi connectivity index (χ3v) is 3.96. The van der Waals surface area contributed by atoms with Crippen molar-refractivity contribution in [1.82, 2.24) is 5.32 Å². The Morgan fingerprint density at radius 1 is 1.11 bits per heavy atom. The largest absolute Gasteiger partial charge is 0.310 e. The molecule has 2 aromatic carbocycles. The van der Waals surface area contributed by atoms with Crippen LogP contribution < -0.4 is 5.32 Å². The molecule has 0 heterocycles. The van der Waals surface area contributed by atoms with Crippen molar-refractivity contribution in [1.29, 1.82) is 0 Å². The summed E-state index contributed by atoms with van der Waals surface area (Å²) in [6.07, 6.45) is 0.935. The molecule has 2 rings (SSSR count). The highest BCUT2D eigenvalue weighted by molar-refractivity contribution is 9.10. The molecule has 0 aliphatic heterocycles. The van der Waals surface area contributed by atoms with Gasteiger partial charge in [0.15, 0.2) is 0 Å². The fourth-order valence-corrected chi connectivity index (χ4v) is 2.68. The Morgan fingerprint density at radius 3 is 2.42 bits per heavy atom. The van der Waals surface area contributed by atoms with Crippen molar-refractivity contribution >= 4 is 27.5 Å². The number of benzene rings is 2. The molecule has 0 saturated heterocycles. The predicted octanol–water partition coefficient (Wildman–Crippen LogP) is 5.00. The average molecular weight is 339 g/mol. The molecule has 0 amide bonds. The van der Waals surface area contributed by atoms with Crippen LogP contribution in [-0.4, -0.2) is 6.54 Å². The fourth-order valence-electron chi connectivity index (χ4n) is 2.15. The first kappa shape index (κ1) is 14.6. The Bertz CT molecular complexity index is 525. The van der Waals surface area contributed by atoms with Crippen LogP contribution in [0.25, 0.3) is 0 Å². The topological polar surface area (TPSA) is 12.0 Å². The summed E-state index contributed by atoms with van der Waals surface area (Å²) in [4.78, 5) is 0. The van der Waals surface area contributed by atoms with E-state index in [0.717, 1.165) is 28.0 Å². The van der Waals surface area contributed by atoms with Crippen LogP contribution in [0.4, 0.5) is 0 Å². The van der Waals surface area contributed by atoms with E-state index in [1.807, 2.05) is 18.2 Å². The molecule has 1 atom stereocenters. The Morgan fingerprint density at radius 2 is 1.79 bits per heavy atom. The molecule has 0 aliphatic rings. The average Bonchev–Trinajstić information content (AvgIpc) is 2.41. The fraction of sp³-hybridized carbons (Fsp3) is 0.250. The van der Waals surface area contributed by atoms with Gasteiger partial charge in [-0.15, -0.1) is 0 Å². The minimum atomic E-state index is 0.250. The standard InChI is InChI=1S/C16H17BrClN/c1-2-19-16(14-5-3-4-6-15(14)18)11-12-7-9-13(17)10-8-12/h3-10,16,19H,2,11H2,1H3. The van der Waals surface area contributed by atoms with Gasteiger partial charge in [-0.25, -0.2) is 0 Å². The van der Waals surface area contributed by atoms with Gasteiger partial charge in [0.25, 0.3) is 0 Å². The number of hydrogen-bond donors (Lipinski definition) is 1. The second-order valence-electron chi connectivity index (χ2n) is 4.46. The number of nitrogens with one attached hydrogen (secondary N) is 1. The molecule has 1 nitrogen and oxygen atoms in total. The number of rotatable bonds is 5. The van der Waals surface area contributed by atoms with Crippen molar-refractivity contribution in [2.75, 3.05) is 6.54 Å². The summed E-state index contributed by atoms with van der Waals surface area (Å²) < 4.78 is 1.11. The first-order chi connectivity index (χ1) is 9.20. The minimum Gasteiger partial charge on any atom is -0.310 e. The SMILES string of the molecule is CCNC(Cc1ccc(Br)cc1)c1ccccc1Cl. The number of likely N-dealkylation sites (N-methyl/N-ethyl adjacent to an activating group) is 1. The van der Waals surface area contributed by atoms with E-state index in [4.69, 9.17) is 11.6 Å². The molecule has 1 unspecified atom stereocenters. The molecule has 3 heteroatoms. The Kier molecular flexibility index (Phi) is 5.44. The summed E-state index contributed by atoms with van der Waals surface area (Å²) in [6, 6.07) is 16.7. The van der Waals surface area contributed by atoms with Gasteiger partial charge in [0, 0.05) is 15.5 Å². The summed E-state index contributed by atoms with van der Waals surface area (Å²) in [5.74, 6) is 0. The lowest BCUT2D eigenvalue weighted by atomic mass is 9.99. The molecule has 0 saturated carbocycles. The maximum Gasteiger partial charge on any atom is 0.0453 e. The van der Waals surface area contributed by atoms with Gasteiger partial charge in [-0.3, -0.25) is 0 Å². The van der Waals surface area contributed by atoms with E-state index in [9.17, 15) is 0 Å². The van der Waals surface area contributed by atoms with E-state index >= 15 is 0 Å². The summed E-state index contributed by atoms with van der Waals surface area (Å²) in [5, 5.41) is 4.33. The highest BCUT2D eigenvalue weighted by Gasteiger charge is 2.13. The van der Waals surface area contributed by atoms with Gasteiger partial charge in [0.1, 0.15) is 0 Å². The Hall–Kier alpha value is -0.830. The second-order valence-corrected chi connectivity index (χ2v) is 5.79. The maximum atomic E-state index is 6.30. The molecule has 100 valence electrons. The molecule has 0 fully saturated rings. The van der Waals surface area contributed by atoms with Crippen molar-refractivity contribution in [2.24, 2.45) is 0 Å². The quantitative estimate of drug-likeness (QED) is 0.809. The van der Waals surface area contributed by atoms with Crippen LogP contribution in [0.2, 0.25) is 5.02 Å². The molecule has 1 N–H and O–H groups in total. The summed E-state index contributed by atoms with van der Waals surface area (Å²) in [5.41, 5.74) is 2.46. The van der Waals surface area contributed by atoms with E-state index in [1.54, 1.807) is 0 Å². The molecule has 0 aromatic heterocycles. The molecule has 0 bridgehead atoms. The third kappa shape index (κ3) is 4.07. The molecule has 19 heavy (non-hydrogen) atoms. The summed E-state index contributed by atoms with van der Waals surface area (Å²) in [7, 11) is 0. The van der Waals surface area contributed by atoms with E-state index in [2.05, 4.69) is 58.5 Å². The third-order valence-electron chi connectivity index (χ3n) is 3.08. The van der Waals surface area contributed by atoms with Crippen molar-refractivity contribution in [3.05, 3.63) is 69.2 Å². The van der Waals surface area contributed by atoms with Crippen molar-refractivity contribution in [3.63, 3.8) is 0 Å². The van der Waals surface area contributed by atoms with Gasteiger partial charge >= 0.3 is 0 Å². The van der Waals surface area contributed by atoms with Crippen LogP contribution in [0.15, 0.2) is 53.0 Å². The van der Waals surface area contributed by atoms with E-state index in [0.29, 0.717) is 0 Å². The number of hydrogen-bond acceptors (Lipinski definition) is 1. The van der Waals surface area contributed by atoms with Crippen LogP contribution in [0.5, 0.6) is 0 Å². The van der Waals surface area contributed by atoms with Crippen LogP contribution in [0.1, 0.15) is 24.1 Å². The molecule has 2 aromatic rings.